The van der Waals surface area contributed by atoms with Crippen molar-refractivity contribution in [1.29, 1.82) is 0 Å². The molecule has 2 aliphatic rings. The molecule has 0 spiro atoms. The zero-order valence-electron chi connectivity index (χ0n) is 10.2. The number of esters is 1. The molecule has 0 aromatic heterocycles. The van der Waals surface area contributed by atoms with Crippen LogP contribution in [0.25, 0.3) is 0 Å². The third-order valence-corrected chi connectivity index (χ3v) is 3.98. The van der Waals surface area contributed by atoms with Gasteiger partial charge in [0.25, 0.3) is 0 Å². The summed E-state index contributed by atoms with van der Waals surface area (Å²) in [5.74, 6) is 0.525. The molecule has 2 fully saturated rings. The smallest absolute Gasteiger partial charge is 0.322 e. The predicted molar refractivity (Wildman–Crippen MR) is 62.2 cm³/mol. The van der Waals surface area contributed by atoms with Crippen LogP contribution >= 0.6 is 0 Å². The number of hydrogen-bond donors (Lipinski definition) is 1. The topological polar surface area (TPSA) is 41.6 Å². The van der Waals surface area contributed by atoms with Crippen LogP contribution in [0.15, 0.2) is 0 Å². The number of ether oxygens (including phenoxy) is 1. The Balaban J connectivity index is 1.78. The maximum absolute atomic E-state index is 11.4. The summed E-state index contributed by atoms with van der Waals surface area (Å²) in [6.07, 6.45) is 4.80. The zero-order valence-corrected chi connectivity index (χ0v) is 10.2. The van der Waals surface area contributed by atoms with Crippen molar-refractivity contribution >= 4 is 5.97 Å². The first kappa shape index (κ1) is 11.9. The van der Waals surface area contributed by atoms with Gasteiger partial charge in [0.1, 0.15) is 6.04 Å². The van der Waals surface area contributed by atoms with Crippen LogP contribution in [0.3, 0.4) is 0 Å². The molecule has 2 saturated heterocycles. The molecule has 1 N–H and O–H groups in total. The van der Waals surface area contributed by atoms with E-state index in [0.29, 0.717) is 5.92 Å². The van der Waals surface area contributed by atoms with E-state index in [1.165, 1.54) is 32.9 Å². The Morgan fingerprint density at radius 1 is 1.56 bits per heavy atom. The Morgan fingerprint density at radius 2 is 2.38 bits per heavy atom. The van der Waals surface area contributed by atoms with Crippen LogP contribution in [0.1, 0.15) is 25.7 Å². The van der Waals surface area contributed by atoms with Gasteiger partial charge in [-0.25, -0.2) is 0 Å². The fourth-order valence-corrected chi connectivity index (χ4v) is 2.97. The lowest BCUT2D eigenvalue weighted by atomic mass is 9.96. The van der Waals surface area contributed by atoms with Crippen molar-refractivity contribution in [2.24, 2.45) is 5.92 Å². The van der Waals surface area contributed by atoms with Crippen molar-refractivity contribution in [2.45, 2.75) is 37.8 Å². The quantitative estimate of drug-likeness (QED) is 0.716. The van der Waals surface area contributed by atoms with Gasteiger partial charge in [-0.15, -0.1) is 0 Å². The number of methoxy groups -OCH3 is 1. The van der Waals surface area contributed by atoms with Crippen molar-refractivity contribution in [3.63, 3.8) is 0 Å². The van der Waals surface area contributed by atoms with Crippen LogP contribution in [0.5, 0.6) is 0 Å². The number of hydrogen-bond acceptors (Lipinski definition) is 4. The largest absolute Gasteiger partial charge is 0.468 e. The lowest BCUT2D eigenvalue weighted by Gasteiger charge is -2.22. The number of nitrogens with one attached hydrogen (secondary N) is 1. The highest BCUT2D eigenvalue weighted by Crippen LogP contribution is 2.26. The van der Waals surface area contributed by atoms with Gasteiger partial charge in [-0.1, -0.05) is 0 Å². The molecule has 2 aliphatic heterocycles. The van der Waals surface area contributed by atoms with Crippen LogP contribution < -0.4 is 5.32 Å². The van der Waals surface area contributed by atoms with E-state index in [9.17, 15) is 4.79 Å². The van der Waals surface area contributed by atoms with Gasteiger partial charge in [0, 0.05) is 6.04 Å². The van der Waals surface area contributed by atoms with E-state index < -0.39 is 0 Å². The van der Waals surface area contributed by atoms with Gasteiger partial charge in [-0.2, -0.15) is 0 Å². The minimum Gasteiger partial charge on any atom is -0.468 e. The molecule has 0 aliphatic carbocycles. The lowest BCUT2D eigenvalue weighted by molar-refractivity contribution is -0.142. The molecule has 4 nitrogen and oxygen atoms in total. The molecule has 0 saturated carbocycles. The minimum atomic E-state index is -0.109. The second-order valence-electron chi connectivity index (χ2n) is 5.10. The van der Waals surface area contributed by atoms with Crippen molar-refractivity contribution in [3.8, 4) is 0 Å². The van der Waals surface area contributed by atoms with E-state index in [1.54, 1.807) is 0 Å². The normalized spacial score (nSPS) is 35.5. The third-order valence-electron chi connectivity index (χ3n) is 3.98. The van der Waals surface area contributed by atoms with Crippen LogP contribution in [0.4, 0.5) is 0 Å². The molecule has 0 amide bonds. The molecular formula is C12H22N2O2. The molecule has 4 heteroatoms. The van der Waals surface area contributed by atoms with Crippen LogP contribution in [0.2, 0.25) is 0 Å². The number of rotatable bonds is 3. The second kappa shape index (κ2) is 5.15. The molecule has 2 rings (SSSR count). The van der Waals surface area contributed by atoms with E-state index in [1.807, 2.05) is 0 Å². The van der Waals surface area contributed by atoms with Gasteiger partial charge < -0.3 is 15.0 Å². The van der Waals surface area contributed by atoms with Crippen molar-refractivity contribution in [1.82, 2.24) is 10.2 Å². The van der Waals surface area contributed by atoms with E-state index in [0.717, 1.165) is 19.0 Å². The van der Waals surface area contributed by atoms with Gasteiger partial charge in [-0.3, -0.25) is 4.79 Å². The van der Waals surface area contributed by atoms with Gasteiger partial charge in [0.2, 0.25) is 0 Å². The molecule has 2 heterocycles. The Morgan fingerprint density at radius 3 is 3.00 bits per heavy atom. The maximum Gasteiger partial charge on any atom is 0.322 e. The fraction of sp³-hybridized carbons (Fsp3) is 0.917. The number of carbonyl (C=O) groups excluding carboxylic acids is 1. The monoisotopic (exact) mass is 226 g/mol. The van der Waals surface area contributed by atoms with E-state index in [4.69, 9.17) is 4.74 Å². The van der Waals surface area contributed by atoms with Crippen LogP contribution in [-0.2, 0) is 9.53 Å². The van der Waals surface area contributed by atoms with E-state index >= 15 is 0 Å². The Hall–Kier alpha value is -0.610. The van der Waals surface area contributed by atoms with E-state index in [-0.39, 0.29) is 12.0 Å². The molecule has 3 atom stereocenters. The first-order valence-corrected chi connectivity index (χ1v) is 6.22. The van der Waals surface area contributed by atoms with Crippen molar-refractivity contribution in [2.75, 3.05) is 27.2 Å². The summed E-state index contributed by atoms with van der Waals surface area (Å²) in [6, 6.07) is 0.657. The molecule has 0 bridgehead atoms. The van der Waals surface area contributed by atoms with E-state index in [2.05, 4.69) is 17.3 Å². The summed E-state index contributed by atoms with van der Waals surface area (Å²) < 4.78 is 4.76. The molecular weight excluding hydrogens is 204 g/mol. The summed E-state index contributed by atoms with van der Waals surface area (Å²) in [7, 11) is 3.67. The molecule has 3 unspecified atom stereocenters. The van der Waals surface area contributed by atoms with Gasteiger partial charge in [-0.05, 0) is 51.7 Å². The zero-order chi connectivity index (χ0) is 11.5. The number of nitrogens with zero attached hydrogens (tertiary/aromatic N) is 1. The van der Waals surface area contributed by atoms with Crippen LogP contribution in [-0.4, -0.2) is 50.2 Å². The van der Waals surface area contributed by atoms with Crippen molar-refractivity contribution in [3.05, 3.63) is 0 Å². The average Bonchev–Trinajstić information content (AvgIpc) is 2.89. The summed E-state index contributed by atoms with van der Waals surface area (Å²) >= 11 is 0. The first-order chi connectivity index (χ1) is 7.70. The molecule has 0 radical (unpaired) electrons. The fourth-order valence-electron chi connectivity index (χ4n) is 2.97. The Labute approximate surface area is 97.3 Å². The molecule has 92 valence electrons. The van der Waals surface area contributed by atoms with Gasteiger partial charge in [0.05, 0.1) is 7.11 Å². The summed E-state index contributed by atoms with van der Waals surface area (Å²) in [5, 5.41) is 3.25. The first-order valence-electron chi connectivity index (χ1n) is 6.22. The molecule has 0 aromatic rings. The predicted octanol–water partition coefficient (Wildman–Crippen LogP) is 0.622. The highest BCUT2D eigenvalue weighted by molar-refractivity contribution is 5.76. The lowest BCUT2D eigenvalue weighted by Crippen LogP contribution is -2.31. The van der Waals surface area contributed by atoms with Crippen LogP contribution in [0, 0.1) is 5.92 Å². The van der Waals surface area contributed by atoms with Crippen molar-refractivity contribution < 1.29 is 9.53 Å². The molecule has 0 aromatic carbocycles. The average molecular weight is 226 g/mol. The maximum atomic E-state index is 11.4. The second-order valence-corrected chi connectivity index (χ2v) is 5.10. The SMILES string of the molecule is COC(=O)C1CC(CC2CCCN2C)CN1. The summed E-state index contributed by atoms with van der Waals surface area (Å²) in [5.41, 5.74) is 0. The Kier molecular flexibility index (Phi) is 3.82. The van der Waals surface area contributed by atoms with Gasteiger partial charge >= 0.3 is 5.97 Å². The number of likely N-dealkylation sites (tertiary alicyclic amines) is 1. The number of carbonyl (C=O) groups is 1. The Bertz CT molecular complexity index is 257. The molecule has 16 heavy (non-hydrogen) atoms. The highest BCUT2D eigenvalue weighted by Gasteiger charge is 2.33. The third kappa shape index (κ3) is 2.55. The highest BCUT2D eigenvalue weighted by atomic mass is 16.5. The summed E-state index contributed by atoms with van der Waals surface area (Å²) in [4.78, 5) is 13.8. The minimum absolute atomic E-state index is 0.0679. The summed E-state index contributed by atoms with van der Waals surface area (Å²) in [6.45, 7) is 2.19. The standard InChI is InChI=1S/C12H22N2O2/c1-14-5-3-4-10(14)6-9-7-11(13-8-9)12(15)16-2/h9-11,13H,3-8H2,1-2H3. The van der Waals surface area contributed by atoms with Gasteiger partial charge in [0.15, 0.2) is 0 Å².